The van der Waals surface area contributed by atoms with Crippen molar-refractivity contribution < 1.29 is 4.79 Å². The van der Waals surface area contributed by atoms with Crippen LogP contribution in [0.2, 0.25) is 0 Å². The van der Waals surface area contributed by atoms with Crippen molar-refractivity contribution in [3.05, 3.63) is 77.6 Å². The third kappa shape index (κ3) is 6.33. The van der Waals surface area contributed by atoms with Gasteiger partial charge in [-0.05, 0) is 73.1 Å². The molecule has 1 saturated heterocycles. The van der Waals surface area contributed by atoms with Crippen LogP contribution < -0.4 is 4.90 Å². The number of likely N-dealkylation sites (N-methyl/N-ethyl adjacent to an activating group) is 1. The number of carbonyl (C=O) groups is 1. The van der Waals surface area contributed by atoms with Gasteiger partial charge in [-0.25, -0.2) is 4.98 Å². The summed E-state index contributed by atoms with van der Waals surface area (Å²) in [6.45, 7) is 12.2. The number of hydrogen-bond acceptors (Lipinski definition) is 4. The highest BCUT2D eigenvalue weighted by Crippen LogP contribution is 2.33. The van der Waals surface area contributed by atoms with Crippen molar-refractivity contribution in [2.24, 2.45) is 5.92 Å². The van der Waals surface area contributed by atoms with Crippen molar-refractivity contribution in [3.63, 3.8) is 0 Å². The van der Waals surface area contributed by atoms with Crippen LogP contribution in [0.1, 0.15) is 48.8 Å². The molecule has 2 heterocycles. The van der Waals surface area contributed by atoms with Gasteiger partial charge in [0.2, 0.25) is 5.91 Å². The van der Waals surface area contributed by atoms with E-state index in [4.69, 9.17) is 0 Å². The number of piperazine rings is 1. The van der Waals surface area contributed by atoms with E-state index in [0.29, 0.717) is 12.5 Å². The average molecular weight is 473 g/mol. The Labute approximate surface area is 211 Å². The zero-order chi connectivity index (χ0) is 24.8. The summed E-state index contributed by atoms with van der Waals surface area (Å²) >= 11 is 0. The lowest BCUT2D eigenvalue weighted by atomic mass is 9.85. The van der Waals surface area contributed by atoms with Crippen LogP contribution >= 0.6 is 0 Å². The summed E-state index contributed by atoms with van der Waals surface area (Å²) in [6, 6.07) is 12.5. The Morgan fingerprint density at radius 3 is 2.46 bits per heavy atom. The fourth-order valence-electron chi connectivity index (χ4n) is 5.26. The molecule has 0 unspecified atom stereocenters. The maximum absolute atomic E-state index is 13.3. The van der Waals surface area contributed by atoms with Gasteiger partial charge in [-0.2, -0.15) is 0 Å². The number of hydrogen-bond donors (Lipinski definition) is 0. The van der Waals surface area contributed by atoms with Gasteiger partial charge in [0.1, 0.15) is 5.82 Å². The number of nitrogens with zero attached hydrogens (tertiary/aromatic N) is 4. The molecule has 186 valence electrons. The van der Waals surface area contributed by atoms with Gasteiger partial charge < -0.3 is 14.7 Å². The van der Waals surface area contributed by atoms with E-state index in [0.717, 1.165) is 43.1 Å². The first-order valence-electron chi connectivity index (χ1n) is 13.1. The van der Waals surface area contributed by atoms with Crippen molar-refractivity contribution in [2.75, 3.05) is 44.7 Å². The second-order valence-corrected chi connectivity index (χ2v) is 10.1. The molecule has 35 heavy (non-hydrogen) atoms. The second kappa shape index (κ2) is 11.6. The molecule has 0 radical (unpaired) electrons. The van der Waals surface area contributed by atoms with Gasteiger partial charge in [0.25, 0.3) is 0 Å². The molecule has 0 bridgehead atoms. The number of allylic oxidation sites excluding steroid dienone is 3. The number of carbonyl (C=O) groups excluding carboxylic acids is 1. The molecule has 5 heteroatoms. The third-order valence-corrected chi connectivity index (χ3v) is 7.64. The van der Waals surface area contributed by atoms with Crippen LogP contribution in [0, 0.1) is 19.8 Å². The number of aromatic nitrogens is 1. The molecular formula is C30H40N4O. The van der Waals surface area contributed by atoms with E-state index in [1.165, 1.54) is 48.9 Å². The number of aryl methyl sites for hydroxylation is 2. The first-order valence-corrected chi connectivity index (χ1v) is 13.1. The molecule has 1 amide bonds. The number of anilines is 1. The summed E-state index contributed by atoms with van der Waals surface area (Å²) in [5.74, 6) is 1.68. The molecule has 1 aliphatic carbocycles. The SMILES string of the molecule is C=C(/C=C(/C1CCCCC1)N(C)CC(=O)N1CCN(c2ccccn2)CC1)c1ccc(C)c(C)c1. The molecule has 2 aliphatic rings. The predicted octanol–water partition coefficient (Wildman–Crippen LogP) is 5.46. The number of pyridine rings is 1. The third-order valence-electron chi connectivity index (χ3n) is 7.64. The lowest BCUT2D eigenvalue weighted by Gasteiger charge is -2.37. The summed E-state index contributed by atoms with van der Waals surface area (Å²) in [7, 11) is 2.08. The Hall–Kier alpha value is -3.08. The number of amides is 1. The molecular weight excluding hydrogens is 432 g/mol. The summed E-state index contributed by atoms with van der Waals surface area (Å²) in [5.41, 5.74) is 6.02. The Morgan fingerprint density at radius 1 is 1.06 bits per heavy atom. The van der Waals surface area contributed by atoms with Crippen LogP contribution in [0.3, 0.4) is 0 Å². The summed E-state index contributed by atoms with van der Waals surface area (Å²) in [5, 5.41) is 0. The van der Waals surface area contributed by atoms with E-state index in [9.17, 15) is 4.79 Å². The van der Waals surface area contributed by atoms with Crippen LogP contribution in [0.5, 0.6) is 0 Å². The van der Waals surface area contributed by atoms with E-state index < -0.39 is 0 Å². The zero-order valence-electron chi connectivity index (χ0n) is 21.7. The minimum Gasteiger partial charge on any atom is -0.368 e. The van der Waals surface area contributed by atoms with E-state index in [1.54, 1.807) is 0 Å². The van der Waals surface area contributed by atoms with Crippen LogP contribution in [-0.4, -0.2) is 60.5 Å². The Bertz CT molecular complexity index is 1050. The van der Waals surface area contributed by atoms with Crippen LogP contribution in [0.25, 0.3) is 5.57 Å². The van der Waals surface area contributed by atoms with E-state index >= 15 is 0 Å². The fourth-order valence-corrected chi connectivity index (χ4v) is 5.26. The molecule has 1 aromatic carbocycles. The lowest BCUT2D eigenvalue weighted by molar-refractivity contribution is -0.132. The highest BCUT2D eigenvalue weighted by atomic mass is 16.2. The first-order chi connectivity index (χ1) is 16.9. The van der Waals surface area contributed by atoms with Gasteiger partial charge in [0, 0.05) is 45.1 Å². The molecule has 4 rings (SSSR count). The number of rotatable bonds is 7. The standard InChI is InChI=1S/C30H40N4O/c1-23-13-14-27(20-24(23)2)25(3)21-28(26-10-6-5-7-11-26)32(4)22-30(35)34-18-16-33(17-19-34)29-12-8-9-15-31-29/h8-9,12-15,20-21,26H,3,5-7,10-11,16-19,22H2,1-2,4H3/b28-21-. The van der Waals surface area contributed by atoms with Gasteiger partial charge >= 0.3 is 0 Å². The van der Waals surface area contributed by atoms with Gasteiger partial charge in [-0.1, -0.05) is 50.1 Å². The summed E-state index contributed by atoms with van der Waals surface area (Å²) in [4.78, 5) is 24.2. The Balaban J connectivity index is 1.43. The van der Waals surface area contributed by atoms with Gasteiger partial charge in [-0.15, -0.1) is 0 Å². The Morgan fingerprint density at radius 2 is 1.80 bits per heavy atom. The molecule has 0 spiro atoms. The summed E-state index contributed by atoms with van der Waals surface area (Å²) in [6.07, 6.45) is 10.3. The van der Waals surface area contributed by atoms with Crippen molar-refractivity contribution in [2.45, 2.75) is 46.0 Å². The lowest BCUT2D eigenvalue weighted by Crippen LogP contribution is -2.51. The maximum Gasteiger partial charge on any atom is 0.242 e. The number of benzene rings is 1. The summed E-state index contributed by atoms with van der Waals surface area (Å²) < 4.78 is 0. The Kier molecular flexibility index (Phi) is 8.27. The quantitative estimate of drug-likeness (QED) is 0.502. The largest absolute Gasteiger partial charge is 0.368 e. The van der Waals surface area contributed by atoms with Crippen molar-refractivity contribution in [3.8, 4) is 0 Å². The second-order valence-electron chi connectivity index (χ2n) is 10.1. The van der Waals surface area contributed by atoms with E-state index in [1.807, 2.05) is 29.3 Å². The minimum atomic E-state index is 0.201. The molecule has 1 saturated carbocycles. The van der Waals surface area contributed by atoms with Crippen LogP contribution in [-0.2, 0) is 4.79 Å². The average Bonchev–Trinajstić information content (AvgIpc) is 2.89. The van der Waals surface area contributed by atoms with Gasteiger partial charge in [0.15, 0.2) is 0 Å². The molecule has 5 nitrogen and oxygen atoms in total. The monoisotopic (exact) mass is 472 g/mol. The highest BCUT2D eigenvalue weighted by Gasteiger charge is 2.26. The van der Waals surface area contributed by atoms with Crippen molar-refractivity contribution in [1.29, 1.82) is 0 Å². The highest BCUT2D eigenvalue weighted by molar-refractivity contribution is 5.79. The fraction of sp³-hybridized carbons (Fsp3) is 0.467. The smallest absolute Gasteiger partial charge is 0.242 e. The van der Waals surface area contributed by atoms with Crippen LogP contribution in [0.15, 0.2) is 60.9 Å². The van der Waals surface area contributed by atoms with Gasteiger partial charge in [-0.3, -0.25) is 4.79 Å². The zero-order valence-corrected chi connectivity index (χ0v) is 21.7. The molecule has 1 aromatic heterocycles. The maximum atomic E-state index is 13.3. The van der Waals surface area contributed by atoms with Gasteiger partial charge in [0.05, 0.1) is 6.54 Å². The van der Waals surface area contributed by atoms with E-state index in [2.05, 4.69) is 66.5 Å². The van der Waals surface area contributed by atoms with Crippen molar-refractivity contribution in [1.82, 2.24) is 14.8 Å². The molecule has 2 fully saturated rings. The minimum absolute atomic E-state index is 0.201. The van der Waals surface area contributed by atoms with E-state index in [-0.39, 0.29) is 5.91 Å². The molecule has 1 aliphatic heterocycles. The van der Waals surface area contributed by atoms with Crippen molar-refractivity contribution >= 4 is 17.3 Å². The van der Waals surface area contributed by atoms with Crippen LogP contribution in [0.4, 0.5) is 5.82 Å². The first kappa shape index (κ1) is 25.0. The molecule has 0 N–H and O–H groups in total. The molecule has 0 atom stereocenters. The predicted molar refractivity (Wildman–Crippen MR) is 145 cm³/mol. The molecule has 2 aromatic rings. The normalized spacial score (nSPS) is 17.4. The topological polar surface area (TPSA) is 39.7 Å².